The molecule has 9 nitrogen and oxygen atoms in total. The average molecular weight is 618 g/mol. The third-order valence-electron chi connectivity index (χ3n) is 8.51. The summed E-state index contributed by atoms with van der Waals surface area (Å²) in [5.74, 6) is 1.38. The first-order chi connectivity index (χ1) is 21.1. The number of hydrogen-bond donors (Lipinski definition) is 2. The van der Waals surface area contributed by atoms with Crippen molar-refractivity contribution in [3.05, 3.63) is 86.4 Å². The highest BCUT2D eigenvalue weighted by atomic mass is 35.5. The molecule has 2 aromatic rings. The zero-order valence-electron chi connectivity index (χ0n) is 25.7. The first kappa shape index (κ1) is 30.4. The number of rotatable bonds is 8. The fourth-order valence-corrected chi connectivity index (χ4v) is 6.55. The van der Waals surface area contributed by atoms with Gasteiger partial charge in [-0.3, -0.25) is 19.9 Å². The number of fused-ring (bicyclic) bond motifs is 1. The fourth-order valence-electron chi connectivity index (χ4n) is 6.44. The van der Waals surface area contributed by atoms with Gasteiger partial charge in [0, 0.05) is 25.4 Å². The van der Waals surface area contributed by atoms with Crippen molar-refractivity contribution in [2.75, 3.05) is 13.1 Å². The summed E-state index contributed by atoms with van der Waals surface area (Å²) in [4.78, 5) is 38.9. The van der Waals surface area contributed by atoms with Gasteiger partial charge < -0.3 is 14.5 Å². The Morgan fingerprint density at radius 3 is 2.66 bits per heavy atom. The predicted octanol–water partition coefficient (Wildman–Crippen LogP) is 5.44. The first-order valence-electron chi connectivity index (χ1n) is 15.5. The lowest BCUT2D eigenvalue weighted by Crippen LogP contribution is -2.45. The molecule has 0 saturated carbocycles. The van der Waals surface area contributed by atoms with E-state index in [1.165, 1.54) is 0 Å². The lowest BCUT2D eigenvalue weighted by Gasteiger charge is -2.34. The number of halogens is 1. The van der Waals surface area contributed by atoms with Gasteiger partial charge in [-0.15, -0.1) is 0 Å². The molecular weight excluding hydrogens is 578 g/mol. The standard InChI is InChI=1S/C34H40ClN5O4/c1-5-6-10-22-18-39(20-26-28(22)36-30(38-32(26)41)21-13-15-23(35)16-14-21)31-29(37-31)27-17-25(43-24-11-8-7-9-12-24)19-40(27)33(42)44-34(2,3)4/h7-9,11-13,15,22,25,27,29,31,37H,5-6,10,17-20H2,1-4H3,(H,36,38,41)/t22?,25-,27+,29?,31?/m1/s1. The number of nitrogens with one attached hydrogen (secondary N) is 2. The van der Waals surface area contributed by atoms with Gasteiger partial charge in [0.1, 0.15) is 23.3 Å². The summed E-state index contributed by atoms with van der Waals surface area (Å²) in [5, 5.41) is 4.11. The SMILES string of the molecule is CCCCC1CN(C2NC2[C@@H]2C[C@@H](Oc3ccccc3)CN2C(=O)OC(C)(C)C)Cc2c1nc(C1=C=C=C(Cl)C=C1)[nH]c2=O. The molecule has 2 fully saturated rings. The molecule has 0 radical (unpaired) electrons. The number of H-pyrrole nitrogens is 1. The number of aromatic amines is 1. The number of likely N-dealkylation sites (tertiary alicyclic amines) is 1. The minimum atomic E-state index is -0.603. The van der Waals surface area contributed by atoms with E-state index in [2.05, 4.69) is 33.6 Å². The maximum Gasteiger partial charge on any atom is 0.410 e. The van der Waals surface area contributed by atoms with Crippen LogP contribution in [0.2, 0.25) is 0 Å². The minimum Gasteiger partial charge on any atom is -0.489 e. The van der Waals surface area contributed by atoms with E-state index in [-0.39, 0.29) is 41.9 Å². The van der Waals surface area contributed by atoms with Crippen molar-refractivity contribution in [2.45, 2.75) is 95.8 Å². The second-order valence-corrected chi connectivity index (χ2v) is 13.4. The Kier molecular flexibility index (Phi) is 8.60. The molecule has 3 aliphatic heterocycles. The zero-order valence-corrected chi connectivity index (χ0v) is 26.5. The van der Waals surface area contributed by atoms with Gasteiger partial charge in [0.2, 0.25) is 0 Å². The third-order valence-corrected chi connectivity index (χ3v) is 8.73. The molecule has 1 aliphatic carbocycles. The number of benzene rings is 1. The second-order valence-electron chi connectivity index (χ2n) is 13.0. The van der Waals surface area contributed by atoms with Gasteiger partial charge in [-0.1, -0.05) is 55.3 Å². The summed E-state index contributed by atoms with van der Waals surface area (Å²) >= 11 is 6.01. The van der Waals surface area contributed by atoms with E-state index in [9.17, 15) is 9.59 Å². The molecule has 1 aromatic heterocycles. The molecule has 5 atom stereocenters. The van der Waals surface area contributed by atoms with E-state index in [1.807, 2.05) is 56.0 Å². The summed E-state index contributed by atoms with van der Waals surface area (Å²) in [7, 11) is 0. The normalized spacial score (nSPS) is 26.2. The molecule has 2 N–H and O–H groups in total. The number of carbonyl (C=O) groups is 1. The van der Waals surface area contributed by atoms with Crippen molar-refractivity contribution in [2.24, 2.45) is 0 Å². The average Bonchev–Trinajstić information content (AvgIpc) is 3.68. The molecule has 44 heavy (non-hydrogen) atoms. The van der Waals surface area contributed by atoms with Crippen molar-refractivity contribution in [3.63, 3.8) is 0 Å². The number of para-hydroxylation sites is 1. The highest BCUT2D eigenvalue weighted by molar-refractivity contribution is 6.31. The number of allylic oxidation sites excluding steroid dienone is 4. The van der Waals surface area contributed by atoms with Crippen molar-refractivity contribution in [1.82, 2.24) is 25.1 Å². The fraction of sp³-hybridized carbons (Fsp3) is 0.500. The van der Waals surface area contributed by atoms with Crippen LogP contribution in [0.25, 0.3) is 5.57 Å². The lowest BCUT2D eigenvalue weighted by molar-refractivity contribution is 0.0205. The van der Waals surface area contributed by atoms with Crippen LogP contribution in [0.4, 0.5) is 4.79 Å². The van der Waals surface area contributed by atoms with Crippen molar-refractivity contribution >= 4 is 23.3 Å². The van der Waals surface area contributed by atoms with Crippen LogP contribution in [0.15, 0.2) is 63.8 Å². The molecule has 1 amide bonds. The van der Waals surface area contributed by atoms with Crippen molar-refractivity contribution in [3.8, 4) is 5.75 Å². The smallest absolute Gasteiger partial charge is 0.410 e. The van der Waals surface area contributed by atoms with Crippen LogP contribution in [0.3, 0.4) is 0 Å². The number of carbonyl (C=O) groups excluding carboxylic acids is 1. The number of nitrogens with zero attached hydrogens (tertiary/aromatic N) is 3. The lowest BCUT2D eigenvalue weighted by atomic mass is 9.90. The Hall–Kier alpha value is -3.58. The molecule has 4 aliphatic rings. The maximum absolute atomic E-state index is 13.5. The summed E-state index contributed by atoms with van der Waals surface area (Å²) in [6.07, 6.45) is 6.78. The van der Waals surface area contributed by atoms with Gasteiger partial charge in [-0.25, -0.2) is 9.78 Å². The number of unbranched alkanes of at least 4 members (excludes halogenated alkanes) is 1. The highest BCUT2D eigenvalue weighted by Gasteiger charge is 2.54. The topological polar surface area (TPSA) is 110 Å². The Bertz CT molecular complexity index is 1600. The first-order valence-corrected chi connectivity index (χ1v) is 15.9. The highest BCUT2D eigenvalue weighted by Crippen LogP contribution is 2.37. The van der Waals surface area contributed by atoms with Gasteiger partial charge in [-0.05, 0) is 57.2 Å². The Balaban J connectivity index is 1.23. The molecule has 0 spiro atoms. The number of hydrogen-bond acceptors (Lipinski definition) is 7. The molecule has 4 heterocycles. The maximum atomic E-state index is 13.5. The van der Waals surface area contributed by atoms with Gasteiger partial charge >= 0.3 is 6.09 Å². The summed E-state index contributed by atoms with van der Waals surface area (Å²) < 4.78 is 12.1. The Morgan fingerprint density at radius 2 is 1.95 bits per heavy atom. The number of amides is 1. The molecule has 1 aromatic carbocycles. The van der Waals surface area contributed by atoms with Crippen LogP contribution in [0.5, 0.6) is 5.75 Å². The molecular formula is C34H40ClN5O4. The van der Waals surface area contributed by atoms with Gasteiger partial charge in [-0.2, -0.15) is 0 Å². The minimum absolute atomic E-state index is 0.0240. The van der Waals surface area contributed by atoms with Crippen LogP contribution in [0, 0.1) is 0 Å². The van der Waals surface area contributed by atoms with Crippen LogP contribution in [0.1, 0.15) is 76.4 Å². The van der Waals surface area contributed by atoms with E-state index in [1.54, 1.807) is 12.2 Å². The van der Waals surface area contributed by atoms with Gasteiger partial charge in [0.25, 0.3) is 5.56 Å². The Labute approximate surface area is 263 Å². The molecule has 0 bridgehead atoms. The molecule has 232 valence electrons. The summed E-state index contributed by atoms with van der Waals surface area (Å²) in [6, 6.07) is 9.65. The monoisotopic (exact) mass is 617 g/mol. The quantitative estimate of drug-likeness (QED) is 0.300. The van der Waals surface area contributed by atoms with Crippen LogP contribution in [-0.4, -0.2) is 68.9 Å². The van der Waals surface area contributed by atoms with Crippen LogP contribution >= 0.6 is 11.6 Å². The third kappa shape index (κ3) is 6.73. The number of ether oxygens (including phenoxy) is 2. The molecule has 6 rings (SSSR count). The molecule has 2 saturated heterocycles. The molecule has 3 unspecified atom stereocenters. The number of aromatic nitrogens is 2. The van der Waals surface area contributed by atoms with Crippen LogP contribution in [-0.2, 0) is 11.3 Å². The van der Waals surface area contributed by atoms with Gasteiger partial charge in [0.05, 0.1) is 46.7 Å². The summed E-state index contributed by atoms with van der Waals surface area (Å²) in [6.45, 7) is 9.53. The zero-order chi connectivity index (χ0) is 31.0. The van der Waals surface area contributed by atoms with E-state index in [4.69, 9.17) is 26.1 Å². The van der Waals surface area contributed by atoms with E-state index in [0.717, 1.165) is 37.3 Å². The largest absolute Gasteiger partial charge is 0.489 e. The van der Waals surface area contributed by atoms with E-state index >= 15 is 0 Å². The van der Waals surface area contributed by atoms with E-state index in [0.29, 0.717) is 41.5 Å². The predicted molar refractivity (Wildman–Crippen MR) is 169 cm³/mol. The van der Waals surface area contributed by atoms with Crippen LogP contribution < -0.4 is 15.6 Å². The van der Waals surface area contributed by atoms with Crippen molar-refractivity contribution in [1.29, 1.82) is 0 Å². The van der Waals surface area contributed by atoms with Gasteiger partial charge in [0.15, 0.2) is 0 Å². The van der Waals surface area contributed by atoms with E-state index < -0.39 is 5.60 Å². The summed E-state index contributed by atoms with van der Waals surface area (Å²) in [5.41, 5.74) is 7.35. The second kappa shape index (κ2) is 12.4. The van der Waals surface area contributed by atoms with Crippen molar-refractivity contribution < 1.29 is 14.3 Å². The Morgan fingerprint density at radius 1 is 1.16 bits per heavy atom. The molecule has 10 heteroatoms.